The number of nitrogens with zero attached hydrogens (tertiary/aromatic N) is 1. The van der Waals surface area contributed by atoms with Crippen molar-refractivity contribution >= 4 is 17.3 Å². The number of anilines is 2. The molecule has 0 heterocycles. The molecular weight excluding hydrogens is 308 g/mol. The van der Waals surface area contributed by atoms with Crippen LogP contribution in [-0.4, -0.2) is 12.5 Å². The molecule has 0 saturated carbocycles. The molecule has 3 rings (SSSR count). The van der Waals surface area contributed by atoms with Gasteiger partial charge in [-0.1, -0.05) is 60.4 Å². The molecule has 2 N–H and O–H groups in total. The molecule has 0 spiro atoms. The van der Waals surface area contributed by atoms with Crippen molar-refractivity contribution in [1.29, 1.82) is 0 Å². The summed E-state index contributed by atoms with van der Waals surface area (Å²) in [5.74, 6) is 6.01. The van der Waals surface area contributed by atoms with Gasteiger partial charge >= 0.3 is 0 Å². The van der Waals surface area contributed by atoms with Crippen molar-refractivity contribution in [2.24, 2.45) is 0 Å². The summed E-state index contributed by atoms with van der Waals surface area (Å²) in [7, 11) is 0. The normalized spacial score (nSPS) is 9.76. The Morgan fingerprint density at radius 2 is 1.44 bits per heavy atom. The first-order valence-corrected chi connectivity index (χ1v) is 8.01. The minimum Gasteiger partial charge on any atom is -0.398 e. The Hall–Kier alpha value is -3.51. The molecule has 3 heteroatoms. The maximum atomic E-state index is 13.0. The molecule has 0 aliphatic heterocycles. The van der Waals surface area contributed by atoms with Crippen LogP contribution in [0.2, 0.25) is 0 Å². The van der Waals surface area contributed by atoms with E-state index >= 15 is 0 Å². The molecule has 0 radical (unpaired) electrons. The van der Waals surface area contributed by atoms with E-state index in [2.05, 4.69) is 11.8 Å². The summed E-state index contributed by atoms with van der Waals surface area (Å²) in [6.45, 7) is 0.284. The van der Waals surface area contributed by atoms with Gasteiger partial charge in [-0.15, -0.1) is 0 Å². The zero-order valence-electron chi connectivity index (χ0n) is 13.7. The van der Waals surface area contributed by atoms with Crippen molar-refractivity contribution in [1.82, 2.24) is 0 Å². The Morgan fingerprint density at radius 3 is 2.12 bits per heavy atom. The predicted octanol–water partition coefficient (Wildman–Crippen LogP) is 3.97. The monoisotopic (exact) mass is 326 g/mol. The smallest absolute Gasteiger partial charge is 0.261 e. The molecular formula is C22H18N2O. The molecule has 25 heavy (non-hydrogen) atoms. The van der Waals surface area contributed by atoms with Gasteiger partial charge in [0.1, 0.15) is 0 Å². The van der Waals surface area contributed by atoms with Gasteiger partial charge in [0, 0.05) is 16.9 Å². The highest BCUT2D eigenvalue weighted by atomic mass is 16.2. The Balaban J connectivity index is 1.90. The minimum absolute atomic E-state index is 0.160. The SMILES string of the molecule is Nc1ccccc1C(=O)N(CC#Cc1ccccc1)c1ccccc1. The van der Waals surface area contributed by atoms with Crippen molar-refractivity contribution in [3.63, 3.8) is 0 Å². The van der Waals surface area contributed by atoms with E-state index in [0.717, 1.165) is 11.3 Å². The van der Waals surface area contributed by atoms with Crippen LogP contribution in [0.4, 0.5) is 11.4 Å². The van der Waals surface area contributed by atoms with E-state index in [9.17, 15) is 4.79 Å². The molecule has 0 bridgehead atoms. The largest absolute Gasteiger partial charge is 0.398 e. The van der Waals surface area contributed by atoms with Crippen LogP contribution < -0.4 is 10.6 Å². The van der Waals surface area contributed by atoms with Crippen molar-refractivity contribution in [2.45, 2.75) is 0 Å². The second kappa shape index (κ2) is 7.85. The summed E-state index contributed by atoms with van der Waals surface area (Å²) < 4.78 is 0. The van der Waals surface area contributed by atoms with Gasteiger partial charge in [-0.05, 0) is 36.4 Å². The van der Waals surface area contributed by atoms with Crippen LogP contribution in [0, 0.1) is 11.8 Å². The van der Waals surface area contributed by atoms with E-state index in [-0.39, 0.29) is 12.5 Å². The number of amides is 1. The Kier molecular flexibility index (Phi) is 5.13. The van der Waals surface area contributed by atoms with E-state index in [0.29, 0.717) is 11.3 Å². The van der Waals surface area contributed by atoms with Gasteiger partial charge in [-0.3, -0.25) is 9.69 Å². The molecule has 0 aliphatic rings. The molecule has 0 aliphatic carbocycles. The molecule has 3 nitrogen and oxygen atoms in total. The van der Waals surface area contributed by atoms with Crippen LogP contribution in [0.1, 0.15) is 15.9 Å². The zero-order chi connectivity index (χ0) is 17.5. The topological polar surface area (TPSA) is 46.3 Å². The van der Waals surface area contributed by atoms with Gasteiger partial charge in [0.05, 0.1) is 12.1 Å². The quantitative estimate of drug-likeness (QED) is 0.585. The Bertz CT molecular complexity index is 909. The van der Waals surface area contributed by atoms with Crippen molar-refractivity contribution in [3.05, 3.63) is 96.1 Å². The number of para-hydroxylation sites is 2. The second-order valence-corrected chi connectivity index (χ2v) is 5.48. The highest BCUT2D eigenvalue weighted by molar-refractivity contribution is 6.09. The number of nitrogens with two attached hydrogens (primary N) is 1. The molecule has 3 aromatic carbocycles. The van der Waals surface area contributed by atoms with E-state index in [1.807, 2.05) is 72.8 Å². The summed E-state index contributed by atoms with van der Waals surface area (Å²) >= 11 is 0. The fourth-order valence-corrected chi connectivity index (χ4v) is 2.47. The first kappa shape index (κ1) is 16.4. The van der Waals surface area contributed by atoms with E-state index in [1.54, 1.807) is 17.0 Å². The van der Waals surface area contributed by atoms with Gasteiger partial charge in [0.2, 0.25) is 0 Å². The lowest BCUT2D eigenvalue weighted by molar-refractivity contribution is 0.0991. The number of hydrogen-bond acceptors (Lipinski definition) is 2. The minimum atomic E-state index is -0.160. The molecule has 1 amide bonds. The first-order chi connectivity index (χ1) is 12.3. The molecule has 3 aromatic rings. The molecule has 0 atom stereocenters. The van der Waals surface area contributed by atoms with Gasteiger partial charge < -0.3 is 5.73 Å². The lowest BCUT2D eigenvalue weighted by Gasteiger charge is -2.21. The van der Waals surface area contributed by atoms with Crippen LogP contribution >= 0.6 is 0 Å². The summed E-state index contributed by atoms with van der Waals surface area (Å²) in [6.07, 6.45) is 0. The molecule has 0 fully saturated rings. The highest BCUT2D eigenvalue weighted by Gasteiger charge is 2.18. The van der Waals surface area contributed by atoms with Crippen LogP contribution in [-0.2, 0) is 0 Å². The average Bonchev–Trinajstić information content (AvgIpc) is 2.67. The molecule has 122 valence electrons. The van der Waals surface area contributed by atoms with Crippen molar-refractivity contribution in [3.8, 4) is 11.8 Å². The number of carbonyl (C=O) groups is 1. The van der Waals surface area contributed by atoms with E-state index < -0.39 is 0 Å². The van der Waals surface area contributed by atoms with E-state index in [4.69, 9.17) is 5.73 Å². The number of benzene rings is 3. The average molecular weight is 326 g/mol. The predicted molar refractivity (Wildman–Crippen MR) is 102 cm³/mol. The van der Waals surface area contributed by atoms with Crippen molar-refractivity contribution < 1.29 is 4.79 Å². The van der Waals surface area contributed by atoms with Crippen LogP contribution in [0.3, 0.4) is 0 Å². The van der Waals surface area contributed by atoms with Crippen LogP contribution in [0.15, 0.2) is 84.9 Å². The Labute approximate surface area is 147 Å². The number of nitrogen functional groups attached to an aromatic ring is 1. The fraction of sp³-hybridized carbons (Fsp3) is 0.0455. The third-order valence-corrected chi connectivity index (χ3v) is 3.75. The number of hydrogen-bond donors (Lipinski definition) is 1. The summed E-state index contributed by atoms with van der Waals surface area (Å²) in [5, 5.41) is 0. The number of carbonyl (C=O) groups excluding carboxylic acids is 1. The summed E-state index contributed by atoms with van der Waals surface area (Å²) in [4.78, 5) is 14.6. The number of rotatable bonds is 3. The van der Waals surface area contributed by atoms with Gasteiger partial charge in [-0.25, -0.2) is 0 Å². The zero-order valence-corrected chi connectivity index (χ0v) is 13.7. The molecule has 0 saturated heterocycles. The molecule has 0 unspecified atom stereocenters. The van der Waals surface area contributed by atoms with E-state index in [1.165, 1.54) is 0 Å². The van der Waals surface area contributed by atoms with Gasteiger partial charge in [0.15, 0.2) is 0 Å². The van der Waals surface area contributed by atoms with Crippen LogP contribution in [0.5, 0.6) is 0 Å². The highest BCUT2D eigenvalue weighted by Crippen LogP contribution is 2.19. The third kappa shape index (κ3) is 4.07. The molecule has 0 aromatic heterocycles. The lowest BCUT2D eigenvalue weighted by Crippen LogP contribution is -2.31. The Morgan fingerprint density at radius 1 is 0.840 bits per heavy atom. The lowest BCUT2D eigenvalue weighted by atomic mass is 10.1. The first-order valence-electron chi connectivity index (χ1n) is 8.01. The van der Waals surface area contributed by atoms with Crippen molar-refractivity contribution in [2.75, 3.05) is 17.2 Å². The standard InChI is InChI=1S/C22H18N2O/c23-21-16-8-7-15-20(21)22(25)24(19-13-5-2-6-14-19)17-9-12-18-10-3-1-4-11-18/h1-8,10-11,13-16H,17,23H2. The third-order valence-electron chi connectivity index (χ3n) is 3.75. The fourth-order valence-electron chi connectivity index (χ4n) is 2.47. The maximum absolute atomic E-state index is 13.0. The second-order valence-electron chi connectivity index (χ2n) is 5.48. The van der Waals surface area contributed by atoms with Crippen LogP contribution in [0.25, 0.3) is 0 Å². The van der Waals surface area contributed by atoms with Gasteiger partial charge in [0.25, 0.3) is 5.91 Å². The van der Waals surface area contributed by atoms with Gasteiger partial charge in [-0.2, -0.15) is 0 Å². The maximum Gasteiger partial charge on any atom is 0.261 e. The summed E-state index contributed by atoms with van der Waals surface area (Å²) in [6, 6.07) is 26.3. The summed E-state index contributed by atoms with van der Waals surface area (Å²) in [5.41, 5.74) is 8.62.